The molecule has 0 aliphatic rings. The Labute approximate surface area is 176 Å². The monoisotopic (exact) mass is 414 g/mol. The van der Waals surface area contributed by atoms with Crippen molar-refractivity contribution in [2.45, 2.75) is 0 Å². The SMILES string of the molecule is COc1cc(OC)cc(-c2cccc(-c3nc4ccc(-c5noc(=O)[nH]5)cc4[nH]3)c2)c1. The van der Waals surface area contributed by atoms with E-state index in [9.17, 15) is 4.79 Å². The van der Waals surface area contributed by atoms with Gasteiger partial charge in [0.05, 0.1) is 25.3 Å². The summed E-state index contributed by atoms with van der Waals surface area (Å²) in [6.07, 6.45) is 0. The number of nitrogens with zero attached hydrogens (tertiary/aromatic N) is 2. The topological polar surface area (TPSA) is 106 Å². The minimum absolute atomic E-state index is 0.372. The van der Waals surface area contributed by atoms with Crippen molar-refractivity contribution < 1.29 is 14.0 Å². The number of benzene rings is 3. The van der Waals surface area contributed by atoms with Gasteiger partial charge in [-0.25, -0.2) is 9.78 Å². The molecule has 2 N–H and O–H groups in total. The molecule has 3 aromatic carbocycles. The average molecular weight is 414 g/mol. The van der Waals surface area contributed by atoms with Gasteiger partial charge in [-0.2, -0.15) is 0 Å². The van der Waals surface area contributed by atoms with Gasteiger partial charge >= 0.3 is 5.76 Å². The van der Waals surface area contributed by atoms with Gasteiger partial charge in [0.2, 0.25) is 0 Å². The second-order valence-corrected chi connectivity index (χ2v) is 6.94. The molecule has 0 radical (unpaired) electrons. The molecule has 154 valence electrons. The molecule has 2 aromatic heterocycles. The van der Waals surface area contributed by atoms with Crippen LogP contribution in [-0.2, 0) is 0 Å². The molecular weight excluding hydrogens is 396 g/mol. The van der Waals surface area contributed by atoms with E-state index in [0.717, 1.165) is 50.6 Å². The highest BCUT2D eigenvalue weighted by atomic mass is 16.5. The second kappa shape index (κ2) is 7.49. The zero-order valence-corrected chi connectivity index (χ0v) is 16.8. The number of rotatable bonds is 5. The third-order valence-corrected chi connectivity index (χ3v) is 5.02. The molecular formula is C23H18N4O4. The number of methoxy groups -OCH3 is 2. The lowest BCUT2D eigenvalue weighted by Gasteiger charge is -2.09. The summed E-state index contributed by atoms with van der Waals surface area (Å²) >= 11 is 0. The molecule has 0 spiro atoms. The van der Waals surface area contributed by atoms with Crippen LogP contribution >= 0.6 is 0 Å². The number of hydrogen-bond donors (Lipinski definition) is 2. The normalized spacial score (nSPS) is 11.0. The Morgan fingerprint density at radius 2 is 1.52 bits per heavy atom. The highest BCUT2D eigenvalue weighted by Gasteiger charge is 2.11. The smallest absolute Gasteiger partial charge is 0.439 e. The van der Waals surface area contributed by atoms with E-state index in [0.29, 0.717) is 5.82 Å². The van der Waals surface area contributed by atoms with Crippen molar-refractivity contribution in [2.24, 2.45) is 0 Å². The summed E-state index contributed by atoms with van der Waals surface area (Å²) in [7, 11) is 3.26. The predicted octanol–water partition coefficient (Wildman–Crippen LogP) is 4.26. The molecule has 5 aromatic rings. The number of hydrogen-bond acceptors (Lipinski definition) is 6. The first kappa shape index (κ1) is 18.7. The van der Waals surface area contributed by atoms with E-state index in [1.807, 2.05) is 54.6 Å². The highest BCUT2D eigenvalue weighted by Crippen LogP contribution is 2.32. The standard InChI is InChI=1S/C23H18N4O4/c1-29-17-9-16(10-18(12-17)30-2)13-4-3-5-14(8-13)21-24-19-7-6-15(11-20(19)25-21)22-26-23(28)31-27-22/h3-12H,1-2H3,(H,24,25)(H,26,27,28). The van der Waals surface area contributed by atoms with E-state index in [1.165, 1.54) is 0 Å². The summed E-state index contributed by atoms with van der Waals surface area (Å²) in [5, 5.41) is 3.73. The number of aromatic amines is 2. The van der Waals surface area contributed by atoms with Crippen LogP contribution in [-0.4, -0.2) is 34.3 Å². The molecule has 5 rings (SSSR count). The summed E-state index contributed by atoms with van der Waals surface area (Å²) in [5.74, 6) is 1.96. The Morgan fingerprint density at radius 1 is 0.774 bits per heavy atom. The summed E-state index contributed by atoms with van der Waals surface area (Å²) in [6, 6.07) is 19.4. The van der Waals surface area contributed by atoms with Gasteiger partial charge in [0, 0.05) is 17.2 Å². The Bertz CT molecular complexity index is 1430. The molecule has 0 saturated carbocycles. The molecule has 0 fully saturated rings. The van der Waals surface area contributed by atoms with Gasteiger partial charge in [0.25, 0.3) is 0 Å². The van der Waals surface area contributed by atoms with Crippen LogP contribution in [0.1, 0.15) is 0 Å². The van der Waals surface area contributed by atoms with Crippen LogP contribution in [0.4, 0.5) is 0 Å². The van der Waals surface area contributed by atoms with Crippen LogP contribution in [0.25, 0.3) is 44.9 Å². The highest BCUT2D eigenvalue weighted by molar-refractivity contribution is 5.84. The maximum absolute atomic E-state index is 11.2. The number of H-pyrrole nitrogens is 2. The number of nitrogens with one attached hydrogen (secondary N) is 2. The maximum Gasteiger partial charge on any atom is 0.439 e. The quantitative estimate of drug-likeness (QED) is 0.445. The first-order chi connectivity index (χ1) is 15.1. The molecule has 0 bridgehead atoms. The second-order valence-electron chi connectivity index (χ2n) is 6.94. The van der Waals surface area contributed by atoms with Crippen molar-refractivity contribution in [3.8, 4) is 45.4 Å². The fraction of sp³-hybridized carbons (Fsp3) is 0.0870. The van der Waals surface area contributed by atoms with Gasteiger partial charge in [-0.1, -0.05) is 23.4 Å². The zero-order valence-electron chi connectivity index (χ0n) is 16.8. The lowest BCUT2D eigenvalue weighted by molar-refractivity contribution is 0.388. The average Bonchev–Trinajstić information content (AvgIpc) is 3.44. The van der Waals surface area contributed by atoms with Crippen molar-refractivity contribution in [3.05, 3.63) is 71.2 Å². The molecule has 31 heavy (non-hydrogen) atoms. The molecule has 8 heteroatoms. The van der Waals surface area contributed by atoms with E-state index < -0.39 is 5.76 Å². The van der Waals surface area contributed by atoms with Gasteiger partial charge in [-0.05, 0) is 47.5 Å². The van der Waals surface area contributed by atoms with Crippen molar-refractivity contribution >= 4 is 11.0 Å². The molecule has 0 unspecified atom stereocenters. The fourth-order valence-electron chi connectivity index (χ4n) is 3.47. The summed E-state index contributed by atoms with van der Waals surface area (Å²) < 4.78 is 15.4. The molecule has 0 aliphatic heterocycles. The van der Waals surface area contributed by atoms with E-state index in [1.54, 1.807) is 14.2 Å². The van der Waals surface area contributed by atoms with Crippen LogP contribution in [0.3, 0.4) is 0 Å². The molecule has 0 saturated heterocycles. The minimum Gasteiger partial charge on any atom is -0.497 e. The Hall–Kier alpha value is -4.33. The zero-order chi connectivity index (χ0) is 21.4. The molecule has 0 amide bonds. The number of aromatic nitrogens is 4. The number of fused-ring (bicyclic) bond motifs is 1. The Morgan fingerprint density at radius 3 is 2.23 bits per heavy atom. The predicted molar refractivity (Wildman–Crippen MR) is 116 cm³/mol. The molecule has 8 nitrogen and oxygen atoms in total. The van der Waals surface area contributed by atoms with E-state index in [4.69, 9.17) is 14.5 Å². The first-order valence-corrected chi connectivity index (χ1v) is 9.53. The largest absolute Gasteiger partial charge is 0.497 e. The maximum atomic E-state index is 11.2. The van der Waals surface area contributed by atoms with Gasteiger partial charge in [0.15, 0.2) is 5.82 Å². The van der Waals surface area contributed by atoms with Crippen LogP contribution < -0.4 is 15.2 Å². The van der Waals surface area contributed by atoms with Crippen molar-refractivity contribution in [1.82, 2.24) is 20.1 Å². The molecule has 0 atom stereocenters. The van der Waals surface area contributed by atoms with Crippen LogP contribution in [0.5, 0.6) is 11.5 Å². The van der Waals surface area contributed by atoms with Gasteiger partial charge in [0.1, 0.15) is 17.3 Å². The number of imidazole rings is 1. The minimum atomic E-state index is -0.591. The lowest BCUT2D eigenvalue weighted by Crippen LogP contribution is -1.94. The van der Waals surface area contributed by atoms with Crippen molar-refractivity contribution in [1.29, 1.82) is 0 Å². The Balaban J connectivity index is 1.54. The number of ether oxygens (including phenoxy) is 2. The van der Waals surface area contributed by atoms with Crippen LogP contribution in [0.2, 0.25) is 0 Å². The van der Waals surface area contributed by atoms with E-state index >= 15 is 0 Å². The van der Waals surface area contributed by atoms with Crippen LogP contribution in [0, 0.1) is 0 Å². The van der Waals surface area contributed by atoms with E-state index in [-0.39, 0.29) is 0 Å². The van der Waals surface area contributed by atoms with E-state index in [2.05, 4.69) is 25.7 Å². The van der Waals surface area contributed by atoms with Crippen LogP contribution in [0.15, 0.2) is 70.0 Å². The summed E-state index contributed by atoms with van der Waals surface area (Å²) in [6.45, 7) is 0. The van der Waals surface area contributed by atoms with Crippen molar-refractivity contribution in [2.75, 3.05) is 14.2 Å². The third kappa shape index (κ3) is 3.55. The fourth-order valence-corrected chi connectivity index (χ4v) is 3.47. The first-order valence-electron chi connectivity index (χ1n) is 9.53. The molecule has 2 heterocycles. The third-order valence-electron chi connectivity index (χ3n) is 5.02. The van der Waals surface area contributed by atoms with Gasteiger partial charge < -0.3 is 14.5 Å². The molecule has 0 aliphatic carbocycles. The Kier molecular flexibility index (Phi) is 4.51. The van der Waals surface area contributed by atoms with Gasteiger partial charge in [-0.3, -0.25) is 9.51 Å². The summed E-state index contributed by atoms with van der Waals surface area (Å²) in [5.41, 5.74) is 5.28. The lowest BCUT2D eigenvalue weighted by atomic mass is 10.0. The van der Waals surface area contributed by atoms with Crippen molar-refractivity contribution in [3.63, 3.8) is 0 Å². The van der Waals surface area contributed by atoms with Gasteiger partial charge in [-0.15, -0.1) is 0 Å². The summed E-state index contributed by atoms with van der Waals surface area (Å²) in [4.78, 5) is 21.8.